The molecule has 8 heteroatoms. The summed E-state index contributed by atoms with van der Waals surface area (Å²) in [7, 11) is 0. The largest absolute Gasteiger partial charge is 0.382 e. The molecule has 2 amide bonds. The highest BCUT2D eigenvalue weighted by Crippen LogP contribution is 2.25. The molecule has 140 valence electrons. The van der Waals surface area contributed by atoms with Crippen molar-refractivity contribution in [1.82, 2.24) is 20.0 Å². The van der Waals surface area contributed by atoms with Crippen LogP contribution in [0.5, 0.6) is 0 Å². The highest BCUT2D eigenvalue weighted by atomic mass is 16.7. The number of carbonyl (C=O) groups is 3. The topological polar surface area (TPSA) is 105 Å². The van der Waals surface area contributed by atoms with Gasteiger partial charge in [-0.1, -0.05) is 17.2 Å². The lowest BCUT2D eigenvalue weighted by molar-refractivity contribution is -0.0588. The van der Waals surface area contributed by atoms with Crippen molar-refractivity contribution in [3.05, 3.63) is 83.9 Å². The van der Waals surface area contributed by atoms with Gasteiger partial charge in [0.25, 0.3) is 11.8 Å². The van der Waals surface area contributed by atoms with Gasteiger partial charge < -0.3 is 9.82 Å². The summed E-state index contributed by atoms with van der Waals surface area (Å²) in [5.74, 6) is -2.27. The Morgan fingerprint density at radius 3 is 2.45 bits per heavy atom. The summed E-state index contributed by atoms with van der Waals surface area (Å²) in [6.07, 6.45) is 4.92. The first kappa shape index (κ1) is 16.8. The van der Waals surface area contributed by atoms with E-state index in [0.717, 1.165) is 16.6 Å². The van der Waals surface area contributed by atoms with Crippen molar-refractivity contribution in [2.75, 3.05) is 0 Å². The van der Waals surface area contributed by atoms with Crippen LogP contribution in [0, 0.1) is 0 Å². The van der Waals surface area contributed by atoms with Gasteiger partial charge in [-0.3, -0.25) is 9.59 Å². The first-order valence-corrected chi connectivity index (χ1v) is 8.71. The van der Waals surface area contributed by atoms with E-state index in [1.54, 1.807) is 30.6 Å². The lowest BCUT2D eigenvalue weighted by atomic mass is 10.1. The number of rotatable bonds is 3. The molecule has 4 aromatic rings. The van der Waals surface area contributed by atoms with E-state index < -0.39 is 17.8 Å². The maximum absolute atomic E-state index is 12.5. The van der Waals surface area contributed by atoms with E-state index in [9.17, 15) is 14.4 Å². The van der Waals surface area contributed by atoms with Crippen LogP contribution in [0.15, 0.2) is 67.1 Å². The first-order chi connectivity index (χ1) is 14.1. The zero-order valence-electron chi connectivity index (χ0n) is 14.8. The summed E-state index contributed by atoms with van der Waals surface area (Å²) < 4.78 is 0. The Hall–Kier alpha value is -4.33. The third kappa shape index (κ3) is 2.74. The van der Waals surface area contributed by atoms with Gasteiger partial charge in [-0.2, -0.15) is 0 Å². The van der Waals surface area contributed by atoms with E-state index in [2.05, 4.69) is 15.0 Å². The second kappa shape index (κ2) is 6.38. The quantitative estimate of drug-likeness (QED) is 0.545. The van der Waals surface area contributed by atoms with E-state index in [-0.39, 0.29) is 16.8 Å². The Balaban J connectivity index is 1.42. The highest BCUT2D eigenvalue weighted by molar-refractivity contribution is 6.21. The van der Waals surface area contributed by atoms with Crippen LogP contribution in [0.4, 0.5) is 0 Å². The number of hydrogen-bond acceptors (Lipinski definition) is 6. The van der Waals surface area contributed by atoms with Crippen LogP contribution in [0.1, 0.15) is 31.2 Å². The fourth-order valence-corrected chi connectivity index (χ4v) is 3.20. The molecule has 0 saturated heterocycles. The predicted molar refractivity (Wildman–Crippen MR) is 102 cm³/mol. The van der Waals surface area contributed by atoms with Crippen LogP contribution < -0.4 is 0 Å². The summed E-state index contributed by atoms with van der Waals surface area (Å²) in [4.78, 5) is 53.7. The van der Waals surface area contributed by atoms with Crippen molar-refractivity contribution in [3.63, 3.8) is 0 Å². The van der Waals surface area contributed by atoms with Gasteiger partial charge in [0.1, 0.15) is 5.65 Å². The Morgan fingerprint density at radius 2 is 1.69 bits per heavy atom. The summed E-state index contributed by atoms with van der Waals surface area (Å²) >= 11 is 0. The number of nitrogens with one attached hydrogen (secondary N) is 1. The third-order valence-electron chi connectivity index (χ3n) is 4.63. The Labute approximate surface area is 163 Å². The summed E-state index contributed by atoms with van der Waals surface area (Å²) in [6.45, 7) is 0. The van der Waals surface area contributed by atoms with Gasteiger partial charge in [0.15, 0.2) is 5.69 Å². The molecule has 0 spiro atoms. The molecule has 1 aliphatic rings. The van der Waals surface area contributed by atoms with Crippen LogP contribution in [-0.4, -0.2) is 37.8 Å². The van der Waals surface area contributed by atoms with E-state index in [1.165, 1.54) is 24.4 Å². The summed E-state index contributed by atoms with van der Waals surface area (Å²) in [5.41, 5.74) is 2.59. The maximum atomic E-state index is 12.5. The second-order valence-corrected chi connectivity index (χ2v) is 6.40. The van der Waals surface area contributed by atoms with Crippen LogP contribution in [-0.2, 0) is 4.84 Å². The smallest absolute Gasteiger partial charge is 0.346 e. The Morgan fingerprint density at radius 1 is 0.931 bits per heavy atom. The molecule has 0 fully saturated rings. The predicted octanol–water partition coefficient (Wildman–Crippen LogP) is 2.99. The van der Waals surface area contributed by atoms with Crippen molar-refractivity contribution in [2.45, 2.75) is 0 Å². The number of imide groups is 1. The maximum Gasteiger partial charge on any atom is 0.382 e. The van der Waals surface area contributed by atoms with Crippen molar-refractivity contribution < 1.29 is 19.2 Å². The molecule has 0 unspecified atom stereocenters. The molecule has 0 atom stereocenters. The molecule has 1 N–H and O–H groups in total. The number of nitrogens with zero attached hydrogens (tertiary/aromatic N) is 3. The van der Waals surface area contributed by atoms with E-state index >= 15 is 0 Å². The minimum atomic E-state index is -0.906. The van der Waals surface area contributed by atoms with Gasteiger partial charge in [-0.25, -0.2) is 14.8 Å². The lowest BCUT2D eigenvalue weighted by Gasteiger charge is -2.12. The number of hydroxylamine groups is 2. The van der Waals surface area contributed by atoms with Crippen LogP contribution in [0.2, 0.25) is 0 Å². The fourth-order valence-electron chi connectivity index (χ4n) is 3.20. The molecular formula is C21H12N4O4. The number of carbonyl (C=O) groups excluding carboxylic acids is 3. The zero-order chi connectivity index (χ0) is 20.0. The van der Waals surface area contributed by atoms with E-state index in [1.807, 2.05) is 12.1 Å². The average molecular weight is 384 g/mol. The molecule has 4 heterocycles. The normalized spacial score (nSPS) is 13.0. The number of H-pyrrole nitrogens is 1. The van der Waals surface area contributed by atoms with E-state index in [0.29, 0.717) is 10.6 Å². The fraction of sp³-hybridized carbons (Fsp3) is 0. The standard InChI is InChI=1S/C21H12N4O4/c26-19-15-3-1-2-4-16(15)20(27)25(19)29-21(28)17-10-12(5-7-22-17)14-9-13-6-8-23-18(13)24-11-14/h1-11H,(H,23,24). The molecular weight excluding hydrogens is 372 g/mol. The molecule has 0 radical (unpaired) electrons. The van der Waals surface area contributed by atoms with Crippen LogP contribution in [0.25, 0.3) is 22.2 Å². The van der Waals surface area contributed by atoms with Crippen molar-refractivity contribution >= 4 is 28.8 Å². The van der Waals surface area contributed by atoms with Gasteiger partial charge in [-0.15, -0.1) is 0 Å². The number of aromatic amines is 1. The SMILES string of the molecule is O=C(ON1C(=O)c2ccccc2C1=O)c1cc(-c2cnc3[nH]ccc3c2)ccn1. The van der Waals surface area contributed by atoms with Gasteiger partial charge in [0, 0.05) is 29.5 Å². The number of pyridine rings is 2. The molecule has 8 nitrogen and oxygen atoms in total. The Kier molecular flexibility index (Phi) is 3.70. The van der Waals surface area contributed by atoms with Gasteiger partial charge in [0.2, 0.25) is 0 Å². The number of fused-ring (bicyclic) bond motifs is 2. The monoisotopic (exact) mass is 384 g/mol. The summed E-state index contributed by atoms with van der Waals surface area (Å²) in [5, 5.41) is 1.39. The average Bonchev–Trinajstić information content (AvgIpc) is 3.32. The van der Waals surface area contributed by atoms with E-state index in [4.69, 9.17) is 4.84 Å². The molecule has 1 aromatic carbocycles. The van der Waals surface area contributed by atoms with Gasteiger partial charge in [-0.05, 0) is 42.0 Å². The highest BCUT2D eigenvalue weighted by Gasteiger charge is 2.39. The zero-order valence-corrected chi connectivity index (χ0v) is 14.8. The lowest BCUT2D eigenvalue weighted by Crippen LogP contribution is -2.32. The first-order valence-electron chi connectivity index (χ1n) is 8.71. The third-order valence-corrected chi connectivity index (χ3v) is 4.63. The molecule has 29 heavy (non-hydrogen) atoms. The van der Waals surface area contributed by atoms with Crippen molar-refractivity contribution in [1.29, 1.82) is 0 Å². The molecule has 1 aliphatic heterocycles. The minimum absolute atomic E-state index is 0.0341. The number of aromatic nitrogens is 3. The Bertz CT molecular complexity index is 1280. The van der Waals surface area contributed by atoms with Crippen molar-refractivity contribution in [3.8, 4) is 11.1 Å². The van der Waals surface area contributed by atoms with Gasteiger partial charge in [0.05, 0.1) is 11.1 Å². The molecule has 0 bridgehead atoms. The minimum Gasteiger partial charge on any atom is -0.346 e. The number of hydrogen-bond donors (Lipinski definition) is 1. The molecule has 0 aliphatic carbocycles. The second-order valence-electron chi connectivity index (χ2n) is 6.40. The van der Waals surface area contributed by atoms with Gasteiger partial charge >= 0.3 is 5.97 Å². The number of amides is 2. The molecule has 0 saturated carbocycles. The van der Waals surface area contributed by atoms with Crippen LogP contribution in [0.3, 0.4) is 0 Å². The molecule has 5 rings (SSSR count). The number of benzene rings is 1. The van der Waals surface area contributed by atoms with Crippen molar-refractivity contribution in [2.24, 2.45) is 0 Å². The molecule has 3 aromatic heterocycles. The summed E-state index contributed by atoms with van der Waals surface area (Å²) in [6, 6.07) is 13.4. The van der Waals surface area contributed by atoms with Crippen LogP contribution >= 0.6 is 0 Å².